The van der Waals surface area contributed by atoms with Crippen molar-refractivity contribution in [2.24, 2.45) is 4.99 Å². The molecule has 0 fully saturated rings. The van der Waals surface area contributed by atoms with Crippen molar-refractivity contribution in [2.75, 3.05) is 13.6 Å². The average Bonchev–Trinajstić information content (AvgIpc) is 3.24. The predicted molar refractivity (Wildman–Crippen MR) is 116 cm³/mol. The van der Waals surface area contributed by atoms with Gasteiger partial charge < -0.3 is 15.2 Å². The van der Waals surface area contributed by atoms with Crippen LogP contribution in [0.1, 0.15) is 30.9 Å². The molecule has 2 N–H and O–H groups in total. The maximum absolute atomic E-state index is 4.31. The third kappa shape index (κ3) is 5.46. The van der Waals surface area contributed by atoms with E-state index in [-0.39, 0.29) is 0 Å². The van der Waals surface area contributed by atoms with Crippen LogP contribution in [0, 0.1) is 0 Å². The number of hydrogen-bond acceptors (Lipinski definition) is 2. The Labute approximate surface area is 167 Å². The van der Waals surface area contributed by atoms with Gasteiger partial charge in [0.15, 0.2) is 5.96 Å². The lowest BCUT2D eigenvalue weighted by Crippen LogP contribution is -2.37. The molecule has 0 aliphatic heterocycles. The normalized spacial score (nSPS) is 11.4. The maximum Gasteiger partial charge on any atom is 0.191 e. The first kappa shape index (κ1) is 19.7. The average molecular weight is 376 g/mol. The molecule has 3 aromatic rings. The Morgan fingerprint density at radius 2 is 1.89 bits per heavy atom. The van der Waals surface area contributed by atoms with Gasteiger partial charge in [0.05, 0.1) is 6.33 Å². The maximum atomic E-state index is 4.31. The summed E-state index contributed by atoms with van der Waals surface area (Å²) in [6, 6.07) is 17.3. The summed E-state index contributed by atoms with van der Waals surface area (Å²) in [7, 11) is 1.81. The Hall–Kier alpha value is -3.08. The lowest BCUT2D eigenvalue weighted by atomic mass is 9.98. The Kier molecular flexibility index (Phi) is 7.24. The van der Waals surface area contributed by atoms with Crippen molar-refractivity contribution >= 4 is 5.96 Å². The Morgan fingerprint density at radius 1 is 1.07 bits per heavy atom. The minimum atomic E-state index is 0.735. The van der Waals surface area contributed by atoms with Crippen molar-refractivity contribution in [3.8, 4) is 11.1 Å². The van der Waals surface area contributed by atoms with Gasteiger partial charge in [0.1, 0.15) is 0 Å². The first-order valence-electron chi connectivity index (χ1n) is 9.87. The van der Waals surface area contributed by atoms with Crippen LogP contribution in [0.15, 0.2) is 72.2 Å². The second-order valence-electron chi connectivity index (χ2n) is 6.80. The molecule has 0 spiro atoms. The second kappa shape index (κ2) is 10.3. The van der Waals surface area contributed by atoms with Crippen molar-refractivity contribution in [3.05, 3.63) is 78.4 Å². The lowest BCUT2D eigenvalue weighted by Gasteiger charge is -2.14. The number of nitrogens with zero attached hydrogens (tertiary/aromatic N) is 3. The summed E-state index contributed by atoms with van der Waals surface area (Å²) in [6.07, 6.45) is 7.95. The predicted octanol–water partition coefficient (Wildman–Crippen LogP) is 4.06. The molecular formula is C23H29N5. The molecule has 0 atom stereocenters. The van der Waals surface area contributed by atoms with Crippen LogP contribution in [0.25, 0.3) is 11.1 Å². The van der Waals surface area contributed by atoms with Crippen molar-refractivity contribution in [1.29, 1.82) is 0 Å². The molecule has 0 bridgehead atoms. The fourth-order valence-electron chi connectivity index (χ4n) is 3.12. The smallest absolute Gasteiger partial charge is 0.191 e. The SMILES string of the molecule is CCCCNC(=NC)NCc1ccccc1-c1ccc(Cn2ccnc2)cc1. The summed E-state index contributed by atoms with van der Waals surface area (Å²) in [4.78, 5) is 8.41. The van der Waals surface area contributed by atoms with Gasteiger partial charge >= 0.3 is 0 Å². The van der Waals surface area contributed by atoms with Crippen molar-refractivity contribution < 1.29 is 0 Å². The van der Waals surface area contributed by atoms with E-state index in [0.717, 1.165) is 32.0 Å². The zero-order chi connectivity index (χ0) is 19.6. The number of imidazole rings is 1. The molecule has 5 heteroatoms. The number of benzene rings is 2. The summed E-state index contributed by atoms with van der Waals surface area (Å²) in [6.45, 7) is 4.70. The zero-order valence-corrected chi connectivity index (χ0v) is 16.7. The van der Waals surface area contributed by atoms with Crippen LogP contribution in [-0.2, 0) is 13.1 Å². The minimum Gasteiger partial charge on any atom is -0.356 e. The third-order valence-electron chi connectivity index (χ3n) is 4.70. The van der Waals surface area contributed by atoms with Crippen LogP contribution in [0.3, 0.4) is 0 Å². The molecule has 2 aromatic carbocycles. The van der Waals surface area contributed by atoms with Gasteiger partial charge in [0.25, 0.3) is 0 Å². The van der Waals surface area contributed by atoms with E-state index in [1.165, 1.54) is 28.7 Å². The highest BCUT2D eigenvalue weighted by molar-refractivity contribution is 5.80. The van der Waals surface area contributed by atoms with Gasteiger partial charge in [-0.25, -0.2) is 4.98 Å². The molecule has 146 valence electrons. The zero-order valence-electron chi connectivity index (χ0n) is 16.7. The quantitative estimate of drug-likeness (QED) is 0.355. The summed E-state index contributed by atoms with van der Waals surface area (Å²) in [5.74, 6) is 0.846. The topological polar surface area (TPSA) is 54.2 Å². The van der Waals surface area contributed by atoms with E-state index >= 15 is 0 Å². The number of aromatic nitrogens is 2. The van der Waals surface area contributed by atoms with Gasteiger partial charge in [-0.2, -0.15) is 0 Å². The Bertz CT molecular complexity index is 866. The number of guanidine groups is 1. The molecule has 5 nitrogen and oxygen atoms in total. The Balaban J connectivity index is 1.67. The van der Waals surface area contributed by atoms with Gasteiger partial charge in [0, 0.05) is 39.1 Å². The minimum absolute atomic E-state index is 0.735. The summed E-state index contributed by atoms with van der Waals surface area (Å²) >= 11 is 0. The van der Waals surface area contributed by atoms with Crippen molar-refractivity contribution in [1.82, 2.24) is 20.2 Å². The first-order chi connectivity index (χ1) is 13.8. The van der Waals surface area contributed by atoms with Crippen molar-refractivity contribution in [3.63, 3.8) is 0 Å². The first-order valence-corrected chi connectivity index (χ1v) is 9.87. The van der Waals surface area contributed by atoms with Gasteiger partial charge in [-0.15, -0.1) is 0 Å². The molecule has 0 saturated carbocycles. The number of rotatable bonds is 8. The molecule has 0 radical (unpaired) electrons. The molecule has 0 amide bonds. The highest BCUT2D eigenvalue weighted by Gasteiger charge is 2.06. The van der Waals surface area contributed by atoms with E-state index in [1.54, 1.807) is 0 Å². The summed E-state index contributed by atoms with van der Waals surface area (Å²) in [5, 5.41) is 6.78. The van der Waals surface area contributed by atoms with Gasteiger partial charge in [-0.05, 0) is 28.7 Å². The fraction of sp³-hybridized carbons (Fsp3) is 0.304. The molecule has 0 aliphatic carbocycles. The van der Waals surface area contributed by atoms with Gasteiger partial charge in [-0.1, -0.05) is 61.9 Å². The van der Waals surface area contributed by atoms with E-state index in [2.05, 4.69) is 80.6 Å². The molecule has 3 rings (SSSR count). The molecule has 1 aromatic heterocycles. The second-order valence-corrected chi connectivity index (χ2v) is 6.80. The summed E-state index contributed by atoms with van der Waals surface area (Å²) in [5.41, 5.74) is 4.98. The fourth-order valence-corrected chi connectivity index (χ4v) is 3.12. The van der Waals surface area contributed by atoms with E-state index in [9.17, 15) is 0 Å². The number of aliphatic imine (C=N–C) groups is 1. The lowest BCUT2D eigenvalue weighted by molar-refractivity contribution is 0.729. The van der Waals surface area contributed by atoms with E-state index in [4.69, 9.17) is 0 Å². The molecular weight excluding hydrogens is 346 g/mol. The number of hydrogen-bond donors (Lipinski definition) is 2. The molecule has 0 saturated heterocycles. The Morgan fingerprint density at radius 3 is 2.61 bits per heavy atom. The molecule has 0 unspecified atom stereocenters. The van der Waals surface area contributed by atoms with Crippen LogP contribution >= 0.6 is 0 Å². The third-order valence-corrected chi connectivity index (χ3v) is 4.70. The van der Waals surface area contributed by atoms with Crippen LogP contribution in [0.2, 0.25) is 0 Å². The highest BCUT2D eigenvalue weighted by Crippen LogP contribution is 2.24. The highest BCUT2D eigenvalue weighted by atomic mass is 15.2. The number of unbranched alkanes of at least 4 members (excludes halogenated alkanes) is 1. The number of nitrogens with one attached hydrogen (secondary N) is 2. The van der Waals surface area contributed by atoms with E-state index in [1.807, 2.05) is 25.8 Å². The molecule has 28 heavy (non-hydrogen) atoms. The van der Waals surface area contributed by atoms with Crippen LogP contribution in [0.5, 0.6) is 0 Å². The van der Waals surface area contributed by atoms with Crippen molar-refractivity contribution in [2.45, 2.75) is 32.9 Å². The van der Waals surface area contributed by atoms with Crippen LogP contribution in [0.4, 0.5) is 0 Å². The monoisotopic (exact) mass is 375 g/mol. The summed E-state index contributed by atoms with van der Waals surface area (Å²) < 4.78 is 2.07. The largest absolute Gasteiger partial charge is 0.356 e. The molecule has 0 aliphatic rings. The van der Waals surface area contributed by atoms with E-state index < -0.39 is 0 Å². The van der Waals surface area contributed by atoms with E-state index in [0.29, 0.717) is 0 Å². The van der Waals surface area contributed by atoms with Crippen LogP contribution in [-0.4, -0.2) is 29.1 Å². The van der Waals surface area contributed by atoms with Gasteiger partial charge in [0.2, 0.25) is 0 Å². The van der Waals surface area contributed by atoms with Gasteiger partial charge in [-0.3, -0.25) is 4.99 Å². The standard InChI is InChI=1S/C23H29N5/c1-3-4-13-26-23(24-2)27-16-21-7-5-6-8-22(21)20-11-9-19(10-12-20)17-28-15-14-25-18-28/h5-12,14-15,18H,3-4,13,16-17H2,1-2H3,(H2,24,26,27). The van der Waals surface area contributed by atoms with Crippen LogP contribution < -0.4 is 10.6 Å². The molecule has 1 heterocycles.